The first kappa shape index (κ1) is 14.0. The Balaban J connectivity index is 1.87. The summed E-state index contributed by atoms with van der Waals surface area (Å²) < 4.78 is 11.4. The molecular weight excluding hydrogens is 262 g/mol. The van der Waals surface area contributed by atoms with Crippen LogP contribution in [0.15, 0.2) is 42.5 Å². The molecule has 2 aromatic carbocycles. The summed E-state index contributed by atoms with van der Waals surface area (Å²) in [7, 11) is 1.66. The maximum atomic E-state index is 6.32. The van der Waals surface area contributed by atoms with Crippen LogP contribution in [-0.2, 0) is 6.42 Å². The summed E-state index contributed by atoms with van der Waals surface area (Å²) >= 11 is 0. The normalized spacial score (nSPS) is 20.5. The summed E-state index contributed by atoms with van der Waals surface area (Å²) in [6, 6.07) is 14.4. The minimum absolute atomic E-state index is 0.0202. The van der Waals surface area contributed by atoms with Crippen molar-refractivity contribution in [2.45, 2.75) is 31.9 Å². The summed E-state index contributed by atoms with van der Waals surface area (Å²) in [6.45, 7) is 2.16. The molecule has 0 saturated heterocycles. The average molecular weight is 283 g/mol. The number of fused-ring (bicyclic) bond motifs is 1. The first-order valence-electron chi connectivity index (χ1n) is 7.40. The quantitative estimate of drug-likeness (QED) is 0.932. The Hall–Kier alpha value is -2.00. The van der Waals surface area contributed by atoms with E-state index in [0.717, 1.165) is 29.9 Å². The monoisotopic (exact) mass is 283 g/mol. The second-order valence-corrected chi connectivity index (χ2v) is 5.45. The fourth-order valence-corrected chi connectivity index (χ4v) is 2.78. The Morgan fingerprint density at radius 3 is 2.62 bits per heavy atom. The number of benzene rings is 2. The van der Waals surface area contributed by atoms with Gasteiger partial charge in [0.1, 0.15) is 17.6 Å². The maximum Gasteiger partial charge on any atom is 0.126 e. The molecule has 3 rings (SSSR count). The summed E-state index contributed by atoms with van der Waals surface area (Å²) in [5, 5.41) is 0. The van der Waals surface area contributed by atoms with Gasteiger partial charge in [-0.2, -0.15) is 0 Å². The first-order chi connectivity index (χ1) is 10.2. The third kappa shape index (κ3) is 2.74. The number of hydrogen-bond donors (Lipinski definition) is 1. The van der Waals surface area contributed by atoms with Crippen molar-refractivity contribution < 1.29 is 9.47 Å². The van der Waals surface area contributed by atoms with Crippen LogP contribution in [0.5, 0.6) is 11.5 Å². The minimum atomic E-state index is -0.0281. The van der Waals surface area contributed by atoms with Crippen LogP contribution in [0.1, 0.15) is 42.2 Å². The summed E-state index contributed by atoms with van der Waals surface area (Å²) in [6.07, 6.45) is 1.85. The van der Waals surface area contributed by atoms with Crippen molar-refractivity contribution in [3.05, 3.63) is 59.2 Å². The second-order valence-electron chi connectivity index (χ2n) is 5.45. The van der Waals surface area contributed by atoms with Gasteiger partial charge < -0.3 is 15.2 Å². The molecule has 3 nitrogen and oxygen atoms in total. The lowest BCUT2D eigenvalue weighted by Gasteiger charge is -2.31. The molecule has 1 heterocycles. The molecule has 0 aliphatic carbocycles. The molecule has 0 fully saturated rings. The van der Waals surface area contributed by atoms with Gasteiger partial charge in [-0.25, -0.2) is 0 Å². The van der Waals surface area contributed by atoms with Crippen molar-refractivity contribution in [1.82, 2.24) is 0 Å². The lowest BCUT2D eigenvalue weighted by atomic mass is 9.93. The molecule has 0 bridgehead atoms. The Morgan fingerprint density at radius 1 is 1.19 bits per heavy atom. The van der Waals surface area contributed by atoms with Crippen LogP contribution in [0.4, 0.5) is 0 Å². The van der Waals surface area contributed by atoms with Gasteiger partial charge in [0.05, 0.1) is 7.11 Å². The number of ether oxygens (including phenoxy) is 2. The SMILES string of the molecule is CCc1ccc(C2C[C@@H](N)c3cc(OC)ccc3O2)cc1. The van der Waals surface area contributed by atoms with E-state index in [9.17, 15) is 0 Å². The Kier molecular flexibility index (Phi) is 3.84. The molecule has 2 atom stereocenters. The standard InChI is InChI=1S/C18H21NO2/c1-3-12-4-6-13(7-5-12)18-11-16(19)15-10-14(20-2)8-9-17(15)21-18/h4-10,16,18H,3,11,19H2,1-2H3/t16-,18?/m1/s1. The van der Waals surface area contributed by atoms with E-state index in [1.165, 1.54) is 11.1 Å². The van der Waals surface area contributed by atoms with E-state index < -0.39 is 0 Å². The Bertz CT molecular complexity index is 622. The minimum Gasteiger partial charge on any atom is -0.497 e. The molecule has 0 amide bonds. The van der Waals surface area contributed by atoms with Gasteiger partial charge in [-0.15, -0.1) is 0 Å². The molecule has 0 spiro atoms. The molecule has 1 aliphatic rings. The van der Waals surface area contributed by atoms with Gasteiger partial charge in [0.25, 0.3) is 0 Å². The number of aryl methyl sites for hydroxylation is 1. The topological polar surface area (TPSA) is 44.5 Å². The van der Waals surface area contributed by atoms with Crippen LogP contribution in [0.2, 0.25) is 0 Å². The zero-order valence-corrected chi connectivity index (χ0v) is 12.5. The number of rotatable bonds is 3. The first-order valence-corrected chi connectivity index (χ1v) is 7.40. The number of nitrogens with two attached hydrogens (primary N) is 1. The molecule has 21 heavy (non-hydrogen) atoms. The van der Waals surface area contributed by atoms with Crippen molar-refractivity contribution in [1.29, 1.82) is 0 Å². The van der Waals surface area contributed by atoms with Crippen LogP contribution in [0.25, 0.3) is 0 Å². The highest BCUT2D eigenvalue weighted by Crippen LogP contribution is 2.41. The van der Waals surface area contributed by atoms with E-state index in [1.807, 2.05) is 18.2 Å². The highest BCUT2D eigenvalue weighted by Gasteiger charge is 2.27. The largest absolute Gasteiger partial charge is 0.497 e. The third-order valence-electron chi connectivity index (χ3n) is 4.11. The van der Waals surface area contributed by atoms with E-state index in [1.54, 1.807) is 7.11 Å². The summed E-state index contributed by atoms with van der Waals surface area (Å²) in [5.74, 6) is 1.68. The van der Waals surface area contributed by atoms with Gasteiger partial charge in [-0.1, -0.05) is 31.2 Å². The van der Waals surface area contributed by atoms with Gasteiger partial charge in [0.2, 0.25) is 0 Å². The molecule has 2 aromatic rings. The van der Waals surface area contributed by atoms with Crippen molar-refractivity contribution >= 4 is 0 Å². The molecule has 1 aliphatic heterocycles. The van der Waals surface area contributed by atoms with Gasteiger partial charge in [0, 0.05) is 18.0 Å². The van der Waals surface area contributed by atoms with E-state index in [0.29, 0.717) is 0 Å². The number of hydrogen-bond acceptors (Lipinski definition) is 3. The summed E-state index contributed by atoms with van der Waals surface area (Å²) in [5.41, 5.74) is 9.86. The van der Waals surface area contributed by atoms with E-state index in [2.05, 4.69) is 31.2 Å². The van der Waals surface area contributed by atoms with E-state index in [4.69, 9.17) is 15.2 Å². The van der Waals surface area contributed by atoms with Gasteiger partial charge in [-0.05, 0) is 35.7 Å². The lowest BCUT2D eigenvalue weighted by Crippen LogP contribution is -2.24. The molecular formula is C18H21NO2. The van der Waals surface area contributed by atoms with Gasteiger partial charge >= 0.3 is 0 Å². The van der Waals surface area contributed by atoms with Gasteiger partial charge in [0.15, 0.2) is 0 Å². The Labute approximate surface area is 125 Å². The molecule has 3 heteroatoms. The molecule has 0 saturated carbocycles. The van der Waals surface area contributed by atoms with E-state index >= 15 is 0 Å². The van der Waals surface area contributed by atoms with Crippen LogP contribution >= 0.6 is 0 Å². The zero-order chi connectivity index (χ0) is 14.8. The predicted octanol–water partition coefficient (Wildman–Crippen LogP) is 3.78. The molecule has 2 N–H and O–H groups in total. The van der Waals surface area contributed by atoms with Crippen LogP contribution < -0.4 is 15.2 Å². The smallest absolute Gasteiger partial charge is 0.126 e. The van der Waals surface area contributed by atoms with E-state index in [-0.39, 0.29) is 12.1 Å². The third-order valence-corrected chi connectivity index (χ3v) is 4.11. The molecule has 1 unspecified atom stereocenters. The lowest BCUT2D eigenvalue weighted by molar-refractivity contribution is 0.161. The maximum absolute atomic E-state index is 6.32. The van der Waals surface area contributed by atoms with Crippen molar-refractivity contribution in [2.75, 3.05) is 7.11 Å². The Morgan fingerprint density at radius 2 is 1.95 bits per heavy atom. The average Bonchev–Trinajstić information content (AvgIpc) is 2.54. The van der Waals surface area contributed by atoms with Crippen LogP contribution in [-0.4, -0.2) is 7.11 Å². The fourth-order valence-electron chi connectivity index (χ4n) is 2.78. The summed E-state index contributed by atoms with van der Waals surface area (Å²) in [4.78, 5) is 0. The van der Waals surface area contributed by atoms with Crippen LogP contribution in [0, 0.1) is 0 Å². The fraction of sp³-hybridized carbons (Fsp3) is 0.333. The molecule has 0 radical (unpaired) electrons. The molecule has 0 aromatic heterocycles. The van der Waals surface area contributed by atoms with Crippen LogP contribution in [0.3, 0.4) is 0 Å². The highest BCUT2D eigenvalue weighted by molar-refractivity contribution is 5.44. The number of methoxy groups -OCH3 is 1. The van der Waals surface area contributed by atoms with Crippen molar-refractivity contribution in [2.24, 2.45) is 5.73 Å². The van der Waals surface area contributed by atoms with Crippen molar-refractivity contribution in [3.8, 4) is 11.5 Å². The second kappa shape index (κ2) is 5.78. The molecule has 110 valence electrons. The zero-order valence-electron chi connectivity index (χ0n) is 12.5. The van der Waals surface area contributed by atoms with Gasteiger partial charge in [-0.3, -0.25) is 0 Å². The van der Waals surface area contributed by atoms with Crippen molar-refractivity contribution in [3.63, 3.8) is 0 Å². The predicted molar refractivity (Wildman–Crippen MR) is 83.7 cm³/mol. The highest BCUT2D eigenvalue weighted by atomic mass is 16.5.